The molecule has 0 unspecified atom stereocenters. The second kappa shape index (κ2) is 5.13. The zero-order valence-corrected chi connectivity index (χ0v) is 10.3. The van der Waals surface area contributed by atoms with E-state index in [1.807, 2.05) is 0 Å². The van der Waals surface area contributed by atoms with Gasteiger partial charge in [0, 0.05) is 12.1 Å². The van der Waals surface area contributed by atoms with Gasteiger partial charge in [-0.25, -0.2) is 0 Å². The lowest BCUT2D eigenvalue weighted by Gasteiger charge is -2.38. The Morgan fingerprint density at radius 3 is 2.21 bits per heavy atom. The van der Waals surface area contributed by atoms with E-state index in [0.717, 1.165) is 5.92 Å². The maximum Gasteiger partial charge on any atom is 0.0125 e. The summed E-state index contributed by atoms with van der Waals surface area (Å²) in [5.41, 5.74) is 0.333. The van der Waals surface area contributed by atoms with Gasteiger partial charge in [-0.15, -0.1) is 0 Å². The van der Waals surface area contributed by atoms with Crippen LogP contribution >= 0.6 is 0 Å². The van der Waals surface area contributed by atoms with E-state index in [1.165, 1.54) is 39.0 Å². The van der Waals surface area contributed by atoms with Crippen molar-refractivity contribution in [2.24, 2.45) is 5.92 Å². The normalized spacial score (nSPS) is 20.4. The molecule has 1 fully saturated rings. The highest BCUT2D eigenvalue weighted by Crippen LogP contribution is 2.19. The highest BCUT2D eigenvalue weighted by molar-refractivity contribution is 4.79. The van der Waals surface area contributed by atoms with Crippen molar-refractivity contribution in [1.82, 2.24) is 10.2 Å². The molecule has 0 amide bonds. The van der Waals surface area contributed by atoms with Crippen LogP contribution in [-0.2, 0) is 0 Å². The molecule has 0 aliphatic carbocycles. The molecule has 14 heavy (non-hydrogen) atoms. The fourth-order valence-electron chi connectivity index (χ4n) is 2.25. The summed E-state index contributed by atoms with van der Waals surface area (Å²) in [6.07, 6.45) is 2.71. The molecule has 0 aromatic heterocycles. The zero-order chi connectivity index (χ0) is 10.6. The lowest BCUT2D eigenvalue weighted by atomic mass is 9.95. The number of hydrogen-bond donors (Lipinski definition) is 1. The van der Waals surface area contributed by atoms with E-state index in [9.17, 15) is 0 Å². The first-order valence-corrected chi connectivity index (χ1v) is 6.00. The summed E-state index contributed by atoms with van der Waals surface area (Å²) in [6.45, 7) is 14.1. The summed E-state index contributed by atoms with van der Waals surface area (Å²) in [4.78, 5) is 2.60. The van der Waals surface area contributed by atoms with Crippen molar-refractivity contribution < 1.29 is 0 Å². The van der Waals surface area contributed by atoms with Crippen molar-refractivity contribution in [2.45, 2.75) is 46.1 Å². The lowest BCUT2D eigenvalue weighted by molar-refractivity contribution is 0.110. The molecule has 0 bridgehead atoms. The fraction of sp³-hybridized carbons (Fsp3) is 1.00. The molecule has 0 atom stereocenters. The Hall–Kier alpha value is -0.0800. The lowest BCUT2D eigenvalue weighted by Crippen LogP contribution is -2.45. The molecule has 1 saturated heterocycles. The fourth-order valence-corrected chi connectivity index (χ4v) is 2.25. The second-order valence-corrected chi connectivity index (χ2v) is 5.40. The Morgan fingerprint density at radius 1 is 1.21 bits per heavy atom. The standard InChI is InChI=1S/C12H26N2/c1-5-14(12(2,3)4)10-11-6-8-13-9-7-11/h11,13H,5-10H2,1-4H3. The van der Waals surface area contributed by atoms with Crippen molar-refractivity contribution in [3.63, 3.8) is 0 Å². The first-order chi connectivity index (χ1) is 6.54. The van der Waals surface area contributed by atoms with Gasteiger partial charge in [0.05, 0.1) is 0 Å². The van der Waals surface area contributed by atoms with Gasteiger partial charge in [0.15, 0.2) is 0 Å². The Kier molecular flexibility index (Phi) is 4.39. The first kappa shape index (κ1) is 12.0. The van der Waals surface area contributed by atoms with Gasteiger partial charge in [-0.3, -0.25) is 4.90 Å². The molecule has 1 aliphatic rings. The van der Waals surface area contributed by atoms with E-state index in [1.54, 1.807) is 0 Å². The molecule has 2 nitrogen and oxygen atoms in total. The van der Waals surface area contributed by atoms with E-state index < -0.39 is 0 Å². The van der Waals surface area contributed by atoms with E-state index in [0.29, 0.717) is 5.54 Å². The van der Waals surface area contributed by atoms with Gasteiger partial charge in [0.1, 0.15) is 0 Å². The average Bonchev–Trinajstić information content (AvgIpc) is 2.14. The van der Waals surface area contributed by atoms with Gasteiger partial charge in [-0.1, -0.05) is 6.92 Å². The minimum absolute atomic E-state index is 0.333. The molecule has 1 aliphatic heterocycles. The maximum absolute atomic E-state index is 3.43. The molecule has 0 spiro atoms. The van der Waals surface area contributed by atoms with Gasteiger partial charge in [-0.2, -0.15) is 0 Å². The Labute approximate surface area is 89.1 Å². The van der Waals surface area contributed by atoms with Crippen LogP contribution < -0.4 is 5.32 Å². The topological polar surface area (TPSA) is 15.3 Å². The van der Waals surface area contributed by atoms with Crippen LogP contribution in [0.4, 0.5) is 0 Å². The number of nitrogens with zero attached hydrogens (tertiary/aromatic N) is 1. The van der Waals surface area contributed by atoms with Crippen LogP contribution in [0, 0.1) is 5.92 Å². The minimum atomic E-state index is 0.333. The highest BCUT2D eigenvalue weighted by atomic mass is 15.2. The van der Waals surface area contributed by atoms with Crippen molar-refractivity contribution >= 4 is 0 Å². The van der Waals surface area contributed by atoms with Crippen LogP contribution in [-0.4, -0.2) is 36.6 Å². The van der Waals surface area contributed by atoms with Crippen molar-refractivity contribution in [1.29, 1.82) is 0 Å². The zero-order valence-electron chi connectivity index (χ0n) is 10.3. The third kappa shape index (κ3) is 3.58. The summed E-state index contributed by atoms with van der Waals surface area (Å²) in [7, 11) is 0. The van der Waals surface area contributed by atoms with Crippen LogP contribution in [0.15, 0.2) is 0 Å². The van der Waals surface area contributed by atoms with Crippen LogP contribution in [0.5, 0.6) is 0 Å². The Bertz CT molecular complexity index is 154. The van der Waals surface area contributed by atoms with Gasteiger partial charge in [0.2, 0.25) is 0 Å². The van der Waals surface area contributed by atoms with E-state index in [-0.39, 0.29) is 0 Å². The maximum atomic E-state index is 3.43. The summed E-state index contributed by atoms with van der Waals surface area (Å²) in [5.74, 6) is 0.912. The van der Waals surface area contributed by atoms with Gasteiger partial charge in [0.25, 0.3) is 0 Å². The summed E-state index contributed by atoms with van der Waals surface area (Å²) in [6, 6.07) is 0. The predicted octanol–water partition coefficient (Wildman–Crippen LogP) is 2.11. The number of hydrogen-bond acceptors (Lipinski definition) is 2. The van der Waals surface area contributed by atoms with Crippen LogP contribution in [0.1, 0.15) is 40.5 Å². The number of nitrogens with one attached hydrogen (secondary N) is 1. The quantitative estimate of drug-likeness (QED) is 0.747. The van der Waals surface area contributed by atoms with Gasteiger partial charge >= 0.3 is 0 Å². The smallest absolute Gasteiger partial charge is 0.0125 e. The molecule has 1 N–H and O–H groups in total. The van der Waals surface area contributed by atoms with Crippen LogP contribution in [0.3, 0.4) is 0 Å². The van der Waals surface area contributed by atoms with Crippen LogP contribution in [0.2, 0.25) is 0 Å². The molecule has 1 rings (SSSR count). The largest absolute Gasteiger partial charge is 0.317 e. The van der Waals surface area contributed by atoms with Crippen molar-refractivity contribution in [3.8, 4) is 0 Å². The van der Waals surface area contributed by atoms with Crippen molar-refractivity contribution in [3.05, 3.63) is 0 Å². The molecule has 0 aromatic rings. The van der Waals surface area contributed by atoms with Crippen molar-refractivity contribution in [2.75, 3.05) is 26.2 Å². The molecule has 0 aromatic carbocycles. The van der Waals surface area contributed by atoms with E-state index in [2.05, 4.69) is 37.9 Å². The molecular weight excluding hydrogens is 172 g/mol. The first-order valence-electron chi connectivity index (χ1n) is 6.00. The van der Waals surface area contributed by atoms with Gasteiger partial charge < -0.3 is 5.32 Å². The molecule has 1 heterocycles. The Balaban J connectivity index is 2.39. The third-order valence-corrected chi connectivity index (χ3v) is 3.27. The van der Waals surface area contributed by atoms with Gasteiger partial charge in [-0.05, 0) is 59.2 Å². The van der Waals surface area contributed by atoms with E-state index >= 15 is 0 Å². The molecule has 84 valence electrons. The Morgan fingerprint density at radius 2 is 1.79 bits per heavy atom. The second-order valence-electron chi connectivity index (χ2n) is 5.40. The molecule has 0 radical (unpaired) electrons. The summed E-state index contributed by atoms with van der Waals surface area (Å²) in [5, 5.41) is 3.43. The predicted molar refractivity (Wildman–Crippen MR) is 62.6 cm³/mol. The minimum Gasteiger partial charge on any atom is -0.317 e. The molecule has 2 heteroatoms. The monoisotopic (exact) mass is 198 g/mol. The number of rotatable bonds is 3. The third-order valence-electron chi connectivity index (χ3n) is 3.27. The summed E-state index contributed by atoms with van der Waals surface area (Å²) >= 11 is 0. The number of piperidine rings is 1. The van der Waals surface area contributed by atoms with Crippen LogP contribution in [0.25, 0.3) is 0 Å². The summed E-state index contributed by atoms with van der Waals surface area (Å²) < 4.78 is 0. The highest BCUT2D eigenvalue weighted by Gasteiger charge is 2.23. The van der Waals surface area contributed by atoms with E-state index in [4.69, 9.17) is 0 Å². The average molecular weight is 198 g/mol. The molecular formula is C12H26N2. The SMILES string of the molecule is CCN(CC1CCNCC1)C(C)(C)C. The molecule has 0 saturated carbocycles.